The summed E-state index contributed by atoms with van der Waals surface area (Å²) in [7, 11) is 1.75. The standard InChI is InChI=1S/C12H28N2O/c1-6-8-14(11(3)4)12(7-2,9-13)10-15-5/h11H,6-10,13H2,1-5H3. The minimum atomic E-state index is 0.0128. The lowest BCUT2D eigenvalue weighted by Crippen LogP contribution is -2.59. The second kappa shape index (κ2) is 7.20. The Hall–Kier alpha value is -0.120. The highest BCUT2D eigenvalue weighted by atomic mass is 16.5. The molecule has 0 aromatic rings. The van der Waals surface area contributed by atoms with Crippen LogP contribution in [0.2, 0.25) is 0 Å². The van der Waals surface area contributed by atoms with Gasteiger partial charge in [0.1, 0.15) is 0 Å². The predicted molar refractivity (Wildman–Crippen MR) is 66.1 cm³/mol. The first kappa shape index (κ1) is 14.9. The Morgan fingerprint density at radius 2 is 1.93 bits per heavy atom. The SMILES string of the molecule is CCCN(C(C)C)C(CC)(CN)COC. The monoisotopic (exact) mass is 216 g/mol. The Bertz CT molecular complexity index is 156. The molecule has 3 nitrogen and oxygen atoms in total. The summed E-state index contributed by atoms with van der Waals surface area (Å²) < 4.78 is 5.34. The molecule has 0 saturated heterocycles. The van der Waals surface area contributed by atoms with Crippen LogP contribution in [0, 0.1) is 0 Å². The number of hydrogen-bond donors (Lipinski definition) is 1. The number of ether oxygens (including phenoxy) is 1. The topological polar surface area (TPSA) is 38.5 Å². The molecule has 2 N–H and O–H groups in total. The van der Waals surface area contributed by atoms with Gasteiger partial charge in [0, 0.05) is 19.7 Å². The summed E-state index contributed by atoms with van der Waals surface area (Å²) in [5.74, 6) is 0. The van der Waals surface area contributed by atoms with Crippen molar-refractivity contribution < 1.29 is 4.74 Å². The summed E-state index contributed by atoms with van der Waals surface area (Å²) in [4.78, 5) is 2.48. The zero-order valence-electron chi connectivity index (χ0n) is 11.0. The number of methoxy groups -OCH3 is 1. The highest BCUT2D eigenvalue weighted by Crippen LogP contribution is 2.22. The van der Waals surface area contributed by atoms with Crippen molar-refractivity contribution in [3.05, 3.63) is 0 Å². The zero-order valence-corrected chi connectivity index (χ0v) is 11.0. The first-order valence-electron chi connectivity index (χ1n) is 6.03. The zero-order chi connectivity index (χ0) is 11.9. The maximum Gasteiger partial charge on any atom is 0.0659 e. The Kier molecular flexibility index (Phi) is 7.14. The molecular weight excluding hydrogens is 188 g/mol. The molecule has 0 aromatic carbocycles. The van der Waals surface area contributed by atoms with E-state index in [1.807, 2.05) is 0 Å². The molecule has 0 fully saturated rings. The average Bonchev–Trinajstić information content (AvgIpc) is 2.23. The number of rotatable bonds is 8. The molecule has 0 aliphatic rings. The Balaban J connectivity index is 4.79. The summed E-state index contributed by atoms with van der Waals surface area (Å²) in [6.45, 7) is 11.3. The van der Waals surface area contributed by atoms with E-state index in [1.54, 1.807) is 7.11 Å². The van der Waals surface area contributed by atoms with Crippen LogP contribution in [-0.2, 0) is 4.74 Å². The molecule has 0 aliphatic carbocycles. The first-order valence-corrected chi connectivity index (χ1v) is 6.03. The van der Waals surface area contributed by atoms with E-state index in [0.717, 1.165) is 26.0 Å². The second-order valence-electron chi connectivity index (χ2n) is 4.50. The lowest BCUT2D eigenvalue weighted by Gasteiger charge is -2.45. The van der Waals surface area contributed by atoms with Crippen molar-refractivity contribution in [3.8, 4) is 0 Å². The van der Waals surface area contributed by atoms with Gasteiger partial charge in [-0.05, 0) is 33.2 Å². The van der Waals surface area contributed by atoms with E-state index in [-0.39, 0.29) is 5.54 Å². The van der Waals surface area contributed by atoms with Gasteiger partial charge < -0.3 is 10.5 Å². The fourth-order valence-electron chi connectivity index (χ4n) is 2.26. The minimum absolute atomic E-state index is 0.0128. The highest BCUT2D eigenvalue weighted by Gasteiger charge is 2.34. The lowest BCUT2D eigenvalue weighted by atomic mass is 9.93. The summed E-state index contributed by atoms with van der Waals surface area (Å²) in [6, 6.07) is 0.517. The van der Waals surface area contributed by atoms with E-state index < -0.39 is 0 Å². The van der Waals surface area contributed by atoms with Crippen molar-refractivity contribution in [2.45, 2.75) is 52.1 Å². The maximum atomic E-state index is 5.95. The van der Waals surface area contributed by atoms with Gasteiger partial charge in [0.25, 0.3) is 0 Å². The van der Waals surface area contributed by atoms with Gasteiger partial charge in [-0.1, -0.05) is 13.8 Å². The predicted octanol–water partition coefficient (Wildman–Crippen LogP) is 1.86. The van der Waals surface area contributed by atoms with Gasteiger partial charge in [-0.3, -0.25) is 4.90 Å². The largest absolute Gasteiger partial charge is 0.383 e. The molecule has 0 heterocycles. The quantitative estimate of drug-likeness (QED) is 0.673. The molecule has 0 amide bonds. The van der Waals surface area contributed by atoms with E-state index in [0.29, 0.717) is 12.6 Å². The van der Waals surface area contributed by atoms with Crippen LogP contribution in [0.4, 0.5) is 0 Å². The van der Waals surface area contributed by atoms with Crippen molar-refractivity contribution in [2.75, 3.05) is 26.8 Å². The molecule has 1 unspecified atom stereocenters. The third-order valence-corrected chi connectivity index (χ3v) is 3.15. The molecular formula is C12H28N2O. The highest BCUT2D eigenvalue weighted by molar-refractivity contribution is 4.92. The average molecular weight is 216 g/mol. The van der Waals surface area contributed by atoms with Crippen molar-refractivity contribution in [2.24, 2.45) is 5.73 Å². The van der Waals surface area contributed by atoms with Gasteiger partial charge in [0.2, 0.25) is 0 Å². The smallest absolute Gasteiger partial charge is 0.0659 e. The molecule has 0 spiro atoms. The maximum absolute atomic E-state index is 5.95. The van der Waals surface area contributed by atoms with Crippen LogP contribution in [0.25, 0.3) is 0 Å². The van der Waals surface area contributed by atoms with Crippen molar-refractivity contribution in [1.82, 2.24) is 4.90 Å². The van der Waals surface area contributed by atoms with E-state index in [2.05, 4.69) is 32.6 Å². The van der Waals surface area contributed by atoms with Gasteiger partial charge in [-0.15, -0.1) is 0 Å². The van der Waals surface area contributed by atoms with E-state index in [4.69, 9.17) is 10.5 Å². The Morgan fingerprint density at radius 1 is 1.33 bits per heavy atom. The van der Waals surface area contributed by atoms with Crippen LogP contribution < -0.4 is 5.73 Å². The molecule has 0 saturated carbocycles. The fraction of sp³-hybridized carbons (Fsp3) is 1.00. The fourth-order valence-corrected chi connectivity index (χ4v) is 2.26. The molecule has 3 heteroatoms. The van der Waals surface area contributed by atoms with Crippen LogP contribution in [-0.4, -0.2) is 43.3 Å². The minimum Gasteiger partial charge on any atom is -0.383 e. The van der Waals surface area contributed by atoms with E-state index in [9.17, 15) is 0 Å². The number of hydrogen-bond acceptors (Lipinski definition) is 3. The van der Waals surface area contributed by atoms with Crippen LogP contribution >= 0.6 is 0 Å². The van der Waals surface area contributed by atoms with Gasteiger partial charge >= 0.3 is 0 Å². The molecule has 0 rings (SSSR count). The Morgan fingerprint density at radius 3 is 2.20 bits per heavy atom. The molecule has 0 aromatic heterocycles. The molecule has 0 aliphatic heterocycles. The van der Waals surface area contributed by atoms with E-state index >= 15 is 0 Å². The van der Waals surface area contributed by atoms with Crippen LogP contribution in [0.1, 0.15) is 40.5 Å². The van der Waals surface area contributed by atoms with Gasteiger partial charge in [0.15, 0.2) is 0 Å². The lowest BCUT2D eigenvalue weighted by molar-refractivity contribution is -0.00690. The van der Waals surface area contributed by atoms with E-state index in [1.165, 1.54) is 0 Å². The van der Waals surface area contributed by atoms with Gasteiger partial charge in [-0.2, -0.15) is 0 Å². The molecule has 92 valence electrons. The normalized spacial score (nSPS) is 16.0. The summed E-state index contributed by atoms with van der Waals surface area (Å²) >= 11 is 0. The third kappa shape index (κ3) is 3.74. The summed E-state index contributed by atoms with van der Waals surface area (Å²) in [5.41, 5.74) is 5.96. The Labute approximate surface area is 95.0 Å². The summed E-state index contributed by atoms with van der Waals surface area (Å²) in [6.07, 6.45) is 2.19. The molecule has 1 atom stereocenters. The van der Waals surface area contributed by atoms with Crippen molar-refractivity contribution >= 4 is 0 Å². The van der Waals surface area contributed by atoms with Crippen LogP contribution in [0.15, 0.2) is 0 Å². The van der Waals surface area contributed by atoms with Crippen molar-refractivity contribution in [3.63, 3.8) is 0 Å². The number of nitrogens with two attached hydrogens (primary N) is 1. The number of nitrogens with zero attached hydrogens (tertiary/aromatic N) is 1. The molecule has 15 heavy (non-hydrogen) atoms. The summed E-state index contributed by atoms with van der Waals surface area (Å²) in [5, 5.41) is 0. The van der Waals surface area contributed by atoms with Crippen LogP contribution in [0.5, 0.6) is 0 Å². The van der Waals surface area contributed by atoms with Gasteiger partial charge in [0.05, 0.1) is 12.1 Å². The van der Waals surface area contributed by atoms with Crippen LogP contribution in [0.3, 0.4) is 0 Å². The first-order chi connectivity index (χ1) is 7.07. The van der Waals surface area contributed by atoms with Crippen molar-refractivity contribution in [1.29, 1.82) is 0 Å². The second-order valence-corrected chi connectivity index (χ2v) is 4.50. The van der Waals surface area contributed by atoms with Gasteiger partial charge in [-0.25, -0.2) is 0 Å². The third-order valence-electron chi connectivity index (χ3n) is 3.15. The molecule has 0 radical (unpaired) electrons. The molecule has 0 bridgehead atoms.